The van der Waals surface area contributed by atoms with Crippen LogP contribution in [0.15, 0.2) is 35.9 Å². The Morgan fingerprint density at radius 2 is 2.20 bits per heavy atom. The minimum Gasteiger partial charge on any atom is -0.488 e. The molecule has 1 N–H and O–H groups in total. The Kier molecular flexibility index (Phi) is 6.28. The molecule has 0 heterocycles. The number of benzene rings is 1. The van der Waals surface area contributed by atoms with E-state index in [2.05, 4.69) is 6.58 Å². The van der Waals surface area contributed by atoms with Crippen LogP contribution in [0.2, 0.25) is 0 Å². The maximum absolute atomic E-state index is 12.3. The van der Waals surface area contributed by atoms with Crippen molar-refractivity contribution in [3.8, 4) is 0 Å². The Hall–Kier alpha value is -1.28. The summed E-state index contributed by atoms with van der Waals surface area (Å²) in [6.45, 7) is 6.05. The van der Waals surface area contributed by atoms with Crippen molar-refractivity contribution < 1.29 is 21.9 Å². The van der Waals surface area contributed by atoms with E-state index in [1.54, 1.807) is 12.1 Å². The predicted molar refractivity (Wildman–Crippen MR) is 77.0 cm³/mol. The molecule has 20 heavy (non-hydrogen) atoms. The van der Waals surface area contributed by atoms with E-state index < -0.39 is 15.8 Å². The zero-order valence-electron chi connectivity index (χ0n) is 10.8. The van der Waals surface area contributed by atoms with E-state index in [9.17, 15) is 17.2 Å². The van der Waals surface area contributed by atoms with Gasteiger partial charge in [0.15, 0.2) is 0 Å². The molecule has 0 saturated carbocycles. The summed E-state index contributed by atoms with van der Waals surface area (Å²) in [7, 11) is -4.64. The lowest BCUT2D eigenvalue weighted by Crippen LogP contribution is -2.20. The first-order valence-corrected chi connectivity index (χ1v) is 8.21. The van der Waals surface area contributed by atoms with E-state index in [1.807, 2.05) is 11.6 Å². The van der Waals surface area contributed by atoms with Crippen LogP contribution in [-0.2, 0) is 20.5 Å². The molecule has 8 heteroatoms. The predicted octanol–water partition coefficient (Wildman–Crippen LogP) is 3.39. The number of halogens is 2. The second-order valence-corrected chi connectivity index (χ2v) is 6.38. The van der Waals surface area contributed by atoms with Gasteiger partial charge in [0.25, 0.3) is 10.0 Å². The lowest BCUT2D eigenvalue weighted by molar-refractivity contribution is 0.236. The number of anilines is 1. The highest BCUT2D eigenvalue weighted by molar-refractivity contribution is 8.02. The number of ether oxygens (including phenoxy) is 1. The van der Waals surface area contributed by atoms with Gasteiger partial charge in [0, 0.05) is 11.4 Å². The number of hydrogen-bond acceptors (Lipinski definition) is 4. The van der Waals surface area contributed by atoms with Crippen LogP contribution in [0.4, 0.5) is 14.5 Å². The molecule has 112 valence electrons. The number of nitrogens with one attached hydrogen (secondary N) is 1. The van der Waals surface area contributed by atoms with Crippen molar-refractivity contribution >= 4 is 27.5 Å². The van der Waals surface area contributed by atoms with Gasteiger partial charge in [0.1, 0.15) is 5.09 Å². The molecule has 0 fully saturated rings. The standard InChI is InChI=1S/C12H15F2NO3S2/c1-3-18-9(2)19-8-10-5-4-6-11(7-10)15-20(16,17)12(13)14/h4-7,12,15H,2-3,8H2,1H3. The molecule has 0 aliphatic heterocycles. The molecule has 0 spiro atoms. The highest BCUT2D eigenvalue weighted by Crippen LogP contribution is 2.23. The molecule has 1 aromatic rings. The second-order valence-electron chi connectivity index (χ2n) is 3.70. The van der Waals surface area contributed by atoms with Gasteiger partial charge >= 0.3 is 5.76 Å². The molecule has 0 aliphatic carbocycles. The first-order valence-electron chi connectivity index (χ1n) is 5.68. The number of sulfonamides is 1. The third kappa shape index (κ3) is 5.38. The smallest absolute Gasteiger partial charge is 0.355 e. The third-order valence-electron chi connectivity index (χ3n) is 2.13. The first-order chi connectivity index (χ1) is 9.35. The van der Waals surface area contributed by atoms with Crippen molar-refractivity contribution in [3.05, 3.63) is 41.5 Å². The van der Waals surface area contributed by atoms with Crippen LogP contribution in [0.3, 0.4) is 0 Å². The van der Waals surface area contributed by atoms with Gasteiger partial charge in [-0.25, -0.2) is 8.42 Å². The fourth-order valence-corrected chi connectivity index (χ4v) is 2.55. The van der Waals surface area contributed by atoms with E-state index >= 15 is 0 Å². The zero-order chi connectivity index (χ0) is 15.2. The van der Waals surface area contributed by atoms with E-state index in [4.69, 9.17) is 4.74 Å². The van der Waals surface area contributed by atoms with Crippen LogP contribution < -0.4 is 4.72 Å². The number of rotatable bonds is 8. The SMILES string of the molecule is C=C(OCC)SCc1cccc(NS(=O)(=O)C(F)F)c1. The van der Waals surface area contributed by atoms with Crippen LogP contribution in [0, 0.1) is 0 Å². The Balaban J connectivity index is 2.69. The van der Waals surface area contributed by atoms with Gasteiger partial charge in [0.05, 0.1) is 6.61 Å². The van der Waals surface area contributed by atoms with Gasteiger partial charge in [0.2, 0.25) is 0 Å². The summed E-state index contributed by atoms with van der Waals surface area (Å²) in [5.41, 5.74) is 0.871. The minimum absolute atomic E-state index is 0.102. The maximum atomic E-state index is 12.3. The second kappa shape index (κ2) is 7.49. The van der Waals surface area contributed by atoms with Crippen LogP contribution in [0.1, 0.15) is 12.5 Å². The molecular formula is C12H15F2NO3S2. The minimum atomic E-state index is -4.64. The lowest BCUT2D eigenvalue weighted by atomic mass is 10.2. The molecule has 0 amide bonds. The van der Waals surface area contributed by atoms with Crippen LogP contribution in [0.5, 0.6) is 0 Å². The first kappa shape index (κ1) is 16.8. The summed E-state index contributed by atoms with van der Waals surface area (Å²) in [6, 6.07) is 6.24. The molecular weight excluding hydrogens is 308 g/mol. The Labute approximate surface area is 121 Å². The molecule has 1 rings (SSSR count). The van der Waals surface area contributed by atoms with E-state index in [1.165, 1.54) is 23.9 Å². The average Bonchev–Trinajstić information content (AvgIpc) is 2.36. The van der Waals surface area contributed by atoms with Gasteiger partial charge in [-0.3, -0.25) is 4.72 Å². The molecule has 0 bridgehead atoms. The van der Waals surface area contributed by atoms with Crippen molar-refractivity contribution in [2.24, 2.45) is 0 Å². The van der Waals surface area contributed by atoms with Crippen molar-refractivity contribution in [2.45, 2.75) is 18.4 Å². The summed E-state index contributed by atoms with van der Waals surface area (Å²) in [5, 5.41) is 0.547. The molecule has 4 nitrogen and oxygen atoms in total. The summed E-state index contributed by atoms with van der Waals surface area (Å²) in [5.74, 6) is -2.96. The fourth-order valence-electron chi connectivity index (χ4n) is 1.30. The van der Waals surface area contributed by atoms with Crippen molar-refractivity contribution in [1.82, 2.24) is 0 Å². The zero-order valence-corrected chi connectivity index (χ0v) is 12.4. The summed E-state index contributed by atoms with van der Waals surface area (Å²) >= 11 is 1.35. The number of alkyl halides is 2. The molecule has 0 unspecified atom stereocenters. The van der Waals surface area contributed by atoms with Crippen LogP contribution >= 0.6 is 11.8 Å². The van der Waals surface area contributed by atoms with Crippen molar-refractivity contribution in [1.29, 1.82) is 0 Å². The van der Waals surface area contributed by atoms with Gasteiger partial charge < -0.3 is 4.74 Å². The summed E-state index contributed by atoms with van der Waals surface area (Å²) in [6.07, 6.45) is 0. The highest BCUT2D eigenvalue weighted by atomic mass is 32.2. The largest absolute Gasteiger partial charge is 0.488 e. The van der Waals surface area contributed by atoms with E-state index in [0.717, 1.165) is 5.56 Å². The van der Waals surface area contributed by atoms with Gasteiger partial charge in [-0.15, -0.1) is 0 Å². The highest BCUT2D eigenvalue weighted by Gasteiger charge is 2.23. The van der Waals surface area contributed by atoms with E-state index in [-0.39, 0.29) is 5.69 Å². The van der Waals surface area contributed by atoms with Crippen LogP contribution in [-0.4, -0.2) is 20.8 Å². The molecule has 0 saturated heterocycles. The topological polar surface area (TPSA) is 55.4 Å². The molecule has 0 aromatic heterocycles. The number of hydrogen-bond donors (Lipinski definition) is 1. The van der Waals surface area contributed by atoms with Gasteiger partial charge in [-0.05, 0) is 31.2 Å². The summed E-state index contributed by atoms with van der Waals surface area (Å²) < 4.78 is 53.6. The normalized spacial score (nSPS) is 11.4. The van der Waals surface area contributed by atoms with Crippen LogP contribution in [0.25, 0.3) is 0 Å². The fraction of sp³-hybridized carbons (Fsp3) is 0.333. The van der Waals surface area contributed by atoms with Gasteiger partial charge in [-0.2, -0.15) is 8.78 Å². The van der Waals surface area contributed by atoms with Gasteiger partial charge in [-0.1, -0.05) is 23.9 Å². The lowest BCUT2D eigenvalue weighted by Gasteiger charge is -2.09. The molecule has 0 atom stereocenters. The molecule has 0 radical (unpaired) electrons. The average molecular weight is 323 g/mol. The monoisotopic (exact) mass is 323 g/mol. The van der Waals surface area contributed by atoms with E-state index in [0.29, 0.717) is 17.5 Å². The number of thioether (sulfide) groups is 1. The van der Waals surface area contributed by atoms with Crippen molar-refractivity contribution in [3.63, 3.8) is 0 Å². The Morgan fingerprint density at radius 3 is 2.80 bits per heavy atom. The molecule has 1 aromatic carbocycles. The summed E-state index contributed by atoms with van der Waals surface area (Å²) in [4.78, 5) is 0. The quantitative estimate of drug-likeness (QED) is 0.745. The Morgan fingerprint density at radius 1 is 1.50 bits per heavy atom. The Bertz CT molecular complexity index is 562. The third-order valence-corrected chi connectivity index (χ3v) is 4.03. The van der Waals surface area contributed by atoms with Crippen molar-refractivity contribution in [2.75, 3.05) is 11.3 Å². The molecule has 0 aliphatic rings. The maximum Gasteiger partial charge on any atom is 0.355 e.